The minimum atomic E-state index is 0.374. The smallest absolute Gasteiger partial charge is 0.0561 e. The average Bonchev–Trinajstić information content (AvgIpc) is 2.24. The predicted molar refractivity (Wildman–Crippen MR) is 71.9 cm³/mol. The van der Waals surface area contributed by atoms with Crippen LogP contribution in [0.1, 0.15) is 60.3 Å². The highest BCUT2D eigenvalue weighted by Crippen LogP contribution is 2.09. The molecule has 1 N–H and O–H groups in total. The Balaban J connectivity index is 3.52. The highest BCUT2D eigenvalue weighted by atomic mass is 16.5. The van der Waals surface area contributed by atoms with Crippen molar-refractivity contribution in [1.82, 2.24) is 5.32 Å². The van der Waals surface area contributed by atoms with Gasteiger partial charge in [-0.25, -0.2) is 0 Å². The predicted octanol–water partition coefficient (Wildman–Crippen LogP) is 3.61. The molecule has 0 aliphatic carbocycles. The molecule has 0 aromatic rings. The van der Waals surface area contributed by atoms with Crippen molar-refractivity contribution in [2.45, 2.75) is 72.4 Å². The molecule has 0 aromatic heterocycles. The van der Waals surface area contributed by atoms with E-state index in [4.69, 9.17) is 4.74 Å². The molecule has 0 bridgehead atoms. The Labute approximate surface area is 102 Å². The van der Waals surface area contributed by atoms with Crippen LogP contribution in [0, 0.1) is 5.92 Å². The average molecular weight is 229 g/mol. The summed E-state index contributed by atoms with van der Waals surface area (Å²) in [6.45, 7) is 13.2. The zero-order valence-electron chi connectivity index (χ0n) is 11.9. The molecule has 0 saturated carbocycles. The lowest BCUT2D eigenvalue weighted by atomic mass is 10.1. The summed E-state index contributed by atoms with van der Waals surface area (Å²) in [7, 11) is 0. The van der Waals surface area contributed by atoms with E-state index in [0.717, 1.165) is 19.6 Å². The first-order valence-electron chi connectivity index (χ1n) is 6.95. The van der Waals surface area contributed by atoms with Crippen LogP contribution in [0.3, 0.4) is 0 Å². The SMILES string of the molecule is CCCNC(C)CC(C)OCC(C)CCC. The zero-order chi connectivity index (χ0) is 12.4. The van der Waals surface area contributed by atoms with Gasteiger partial charge < -0.3 is 10.1 Å². The summed E-state index contributed by atoms with van der Waals surface area (Å²) in [6, 6.07) is 0.566. The summed E-state index contributed by atoms with van der Waals surface area (Å²) in [4.78, 5) is 0. The van der Waals surface area contributed by atoms with Crippen molar-refractivity contribution in [2.75, 3.05) is 13.2 Å². The number of hydrogen-bond acceptors (Lipinski definition) is 2. The maximum atomic E-state index is 5.87. The maximum absolute atomic E-state index is 5.87. The number of hydrogen-bond donors (Lipinski definition) is 1. The Bertz CT molecular complexity index is 150. The quantitative estimate of drug-likeness (QED) is 0.618. The minimum Gasteiger partial charge on any atom is -0.378 e. The lowest BCUT2D eigenvalue weighted by Crippen LogP contribution is -2.31. The molecule has 3 unspecified atom stereocenters. The molecule has 0 amide bonds. The third-order valence-electron chi connectivity index (χ3n) is 2.88. The van der Waals surface area contributed by atoms with E-state index in [1.165, 1.54) is 19.3 Å². The van der Waals surface area contributed by atoms with Gasteiger partial charge in [0.05, 0.1) is 6.10 Å². The molecule has 0 fully saturated rings. The van der Waals surface area contributed by atoms with Gasteiger partial charge in [0.15, 0.2) is 0 Å². The first-order chi connectivity index (χ1) is 7.60. The topological polar surface area (TPSA) is 21.3 Å². The Hall–Kier alpha value is -0.0800. The van der Waals surface area contributed by atoms with Gasteiger partial charge in [0.2, 0.25) is 0 Å². The summed E-state index contributed by atoms with van der Waals surface area (Å²) in [5.74, 6) is 0.700. The summed E-state index contributed by atoms with van der Waals surface area (Å²) < 4.78 is 5.87. The molecule has 0 rings (SSSR count). The molecule has 0 aliphatic rings. The van der Waals surface area contributed by atoms with Crippen molar-refractivity contribution < 1.29 is 4.74 Å². The van der Waals surface area contributed by atoms with Gasteiger partial charge in [-0.3, -0.25) is 0 Å². The molecule has 2 heteroatoms. The fourth-order valence-electron chi connectivity index (χ4n) is 1.94. The van der Waals surface area contributed by atoms with E-state index in [0.29, 0.717) is 18.1 Å². The fraction of sp³-hybridized carbons (Fsp3) is 1.00. The third kappa shape index (κ3) is 9.17. The van der Waals surface area contributed by atoms with Crippen LogP contribution >= 0.6 is 0 Å². The number of nitrogens with one attached hydrogen (secondary N) is 1. The van der Waals surface area contributed by atoms with Crippen LogP contribution < -0.4 is 5.32 Å². The molecule has 2 nitrogen and oxygen atoms in total. The zero-order valence-corrected chi connectivity index (χ0v) is 11.9. The number of rotatable bonds is 10. The summed E-state index contributed by atoms with van der Waals surface area (Å²) in [6.07, 6.45) is 5.22. The summed E-state index contributed by atoms with van der Waals surface area (Å²) >= 11 is 0. The normalized spacial score (nSPS) is 17.1. The van der Waals surface area contributed by atoms with Crippen LogP contribution in [0.25, 0.3) is 0 Å². The van der Waals surface area contributed by atoms with Crippen molar-refractivity contribution in [1.29, 1.82) is 0 Å². The van der Waals surface area contributed by atoms with E-state index < -0.39 is 0 Å². The second-order valence-electron chi connectivity index (χ2n) is 5.13. The molecule has 0 heterocycles. The number of ether oxygens (including phenoxy) is 1. The molecule has 3 atom stereocenters. The molecule has 0 radical (unpaired) electrons. The van der Waals surface area contributed by atoms with Gasteiger partial charge in [0, 0.05) is 12.6 Å². The fourth-order valence-corrected chi connectivity index (χ4v) is 1.94. The van der Waals surface area contributed by atoms with Gasteiger partial charge in [-0.1, -0.05) is 27.2 Å². The van der Waals surface area contributed by atoms with Gasteiger partial charge in [-0.2, -0.15) is 0 Å². The first kappa shape index (κ1) is 15.9. The van der Waals surface area contributed by atoms with Crippen LogP contribution in [0.2, 0.25) is 0 Å². The van der Waals surface area contributed by atoms with E-state index >= 15 is 0 Å². The molecule has 0 aromatic carbocycles. The van der Waals surface area contributed by atoms with Crippen molar-refractivity contribution in [2.24, 2.45) is 5.92 Å². The minimum absolute atomic E-state index is 0.374. The van der Waals surface area contributed by atoms with Crippen molar-refractivity contribution in [3.8, 4) is 0 Å². The van der Waals surface area contributed by atoms with Crippen LogP contribution in [0.5, 0.6) is 0 Å². The van der Waals surface area contributed by atoms with Gasteiger partial charge in [-0.15, -0.1) is 0 Å². The largest absolute Gasteiger partial charge is 0.378 e. The van der Waals surface area contributed by atoms with E-state index in [-0.39, 0.29) is 0 Å². The lowest BCUT2D eigenvalue weighted by Gasteiger charge is -2.20. The lowest BCUT2D eigenvalue weighted by molar-refractivity contribution is 0.0321. The Kier molecular flexibility index (Phi) is 10.0. The van der Waals surface area contributed by atoms with Gasteiger partial charge in [-0.05, 0) is 45.6 Å². The Morgan fingerprint density at radius 2 is 1.75 bits per heavy atom. The van der Waals surface area contributed by atoms with Gasteiger partial charge in [0.1, 0.15) is 0 Å². The van der Waals surface area contributed by atoms with E-state index in [1.54, 1.807) is 0 Å². The van der Waals surface area contributed by atoms with Crippen molar-refractivity contribution in [3.63, 3.8) is 0 Å². The van der Waals surface area contributed by atoms with Gasteiger partial charge in [0.25, 0.3) is 0 Å². The standard InChI is InChI=1S/C14H31NO/c1-6-8-12(3)11-16-14(5)10-13(4)15-9-7-2/h12-15H,6-11H2,1-5H3. The van der Waals surface area contributed by atoms with Crippen LogP contribution in [-0.4, -0.2) is 25.3 Å². The molecule has 98 valence electrons. The van der Waals surface area contributed by atoms with Crippen LogP contribution in [0.15, 0.2) is 0 Å². The van der Waals surface area contributed by atoms with Crippen LogP contribution in [0.4, 0.5) is 0 Å². The van der Waals surface area contributed by atoms with Gasteiger partial charge >= 0.3 is 0 Å². The van der Waals surface area contributed by atoms with Crippen molar-refractivity contribution >= 4 is 0 Å². The van der Waals surface area contributed by atoms with E-state index in [2.05, 4.69) is 39.9 Å². The molecule has 0 spiro atoms. The molecule has 16 heavy (non-hydrogen) atoms. The summed E-state index contributed by atoms with van der Waals surface area (Å²) in [5, 5.41) is 3.50. The third-order valence-corrected chi connectivity index (χ3v) is 2.88. The maximum Gasteiger partial charge on any atom is 0.0561 e. The first-order valence-corrected chi connectivity index (χ1v) is 6.95. The highest BCUT2D eigenvalue weighted by Gasteiger charge is 2.09. The van der Waals surface area contributed by atoms with Crippen molar-refractivity contribution in [3.05, 3.63) is 0 Å². The molecular formula is C14H31NO. The molecular weight excluding hydrogens is 198 g/mol. The molecule has 0 aliphatic heterocycles. The van der Waals surface area contributed by atoms with Crippen LogP contribution in [-0.2, 0) is 4.74 Å². The van der Waals surface area contributed by atoms with E-state index in [1.807, 2.05) is 0 Å². The Morgan fingerprint density at radius 3 is 2.31 bits per heavy atom. The Morgan fingerprint density at radius 1 is 1.06 bits per heavy atom. The second kappa shape index (κ2) is 10.1. The van der Waals surface area contributed by atoms with E-state index in [9.17, 15) is 0 Å². The highest BCUT2D eigenvalue weighted by molar-refractivity contribution is 4.65. The molecule has 0 saturated heterocycles. The monoisotopic (exact) mass is 229 g/mol. The second-order valence-corrected chi connectivity index (χ2v) is 5.13. The summed E-state index contributed by atoms with van der Waals surface area (Å²) in [5.41, 5.74) is 0.